The molecule has 5 nitrogen and oxygen atoms in total. The quantitative estimate of drug-likeness (QED) is 0.939. The van der Waals surface area contributed by atoms with Gasteiger partial charge in [0.25, 0.3) is 0 Å². The van der Waals surface area contributed by atoms with Gasteiger partial charge in [-0.25, -0.2) is 0 Å². The Morgan fingerprint density at radius 1 is 1.37 bits per heavy atom. The van der Waals surface area contributed by atoms with Crippen molar-refractivity contribution in [3.05, 3.63) is 40.0 Å². The molecule has 2 aromatic rings. The smallest absolute Gasteiger partial charge is 0.224 e. The van der Waals surface area contributed by atoms with Crippen molar-refractivity contribution < 1.29 is 9.21 Å². The van der Waals surface area contributed by atoms with Crippen molar-refractivity contribution in [1.82, 2.24) is 10.2 Å². The molecule has 2 rings (SSSR count). The Morgan fingerprint density at radius 2 is 2.16 bits per heavy atom. The van der Waals surface area contributed by atoms with Crippen molar-refractivity contribution in [3.63, 3.8) is 0 Å². The molecule has 100 valence electrons. The molecule has 1 N–H and O–H groups in total. The van der Waals surface area contributed by atoms with Gasteiger partial charge in [0.2, 0.25) is 17.7 Å². The van der Waals surface area contributed by atoms with Crippen LogP contribution in [0, 0.1) is 13.8 Å². The number of anilines is 1. The molecule has 1 aromatic carbocycles. The fourth-order valence-corrected chi connectivity index (χ4v) is 1.85. The molecule has 0 bridgehead atoms. The number of hydrogen-bond donors (Lipinski definition) is 1. The zero-order valence-corrected chi connectivity index (χ0v) is 12.3. The maximum absolute atomic E-state index is 11.8. The largest absolute Gasteiger partial charge is 0.426 e. The van der Waals surface area contributed by atoms with E-state index in [0.29, 0.717) is 24.6 Å². The molecular weight excluding hydrogens is 310 g/mol. The second-order valence-electron chi connectivity index (χ2n) is 4.23. The van der Waals surface area contributed by atoms with E-state index in [1.54, 1.807) is 6.92 Å². The Labute approximate surface area is 119 Å². The van der Waals surface area contributed by atoms with Crippen LogP contribution in [-0.2, 0) is 11.2 Å². The van der Waals surface area contributed by atoms with Gasteiger partial charge in [-0.15, -0.1) is 10.2 Å². The van der Waals surface area contributed by atoms with Crippen molar-refractivity contribution in [2.75, 3.05) is 5.32 Å². The van der Waals surface area contributed by atoms with E-state index >= 15 is 0 Å². The van der Waals surface area contributed by atoms with Crippen LogP contribution in [-0.4, -0.2) is 16.1 Å². The monoisotopic (exact) mass is 323 g/mol. The summed E-state index contributed by atoms with van der Waals surface area (Å²) in [6, 6.07) is 5.68. The minimum Gasteiger partial charge on any atom is -0.426 e. The summed E-state index contributed by atoms with van der Waals surface area (Å²) in [6.07, 6.45) is 0.763. The number of nitrogens with one attached hydrogen (secondary N) is 1. The van der Waals surface area contributed by atoms with Gasteiger partial charge in [-0.1, -0.05) is 15.9 Å². The number of halogens is 1. The van der Waals surface area contributed by atoms with Crippen LogP contribution in [0.4, 0.5) is 5.69 Å². The molecule has 0 unspecified atom stereocenters. The maximum Gasteiger partial charge on any atom is 0.224 e. The van der Waals surface area contributed by atoms with Gasteiger partial charge in [0.15, 0.2) is 0 Å². The molecule has 19 heavy (non-hydrogen) atoms. The normalized spacial score (nSPS) is 10.5. The number of carbonyl (C=O) groups excluding carboxylic acids is 1. The topological polar surface area (TPSA) is 68.0 Å². The zero-order valence-electron chi connectivity index (χ0n) is 10.7. The molecule has 0 saturated heterocycles. The highest BCUT2D eigenvalue weighted by molar-refractivity contribution is 9.10. The van der Waals surface area contributed by atoms with Crippen LogP contribution >= 0.6 is 15.9 Å². The lowest BCUT2D eigenvalue weighted by molar-refractivity contribution is -0.116. The number of aromatic nitrogens is 2. The fraction of sp³-hybridized carbons (Fsp3) is 0.308. The van der Waals surface area contributed by atoms with Crippen LogP contribution in [0.1, 0.15) is 23.8 Å². The molecule has 0 fully saturated rings. The maximum atomic E-state index is 11.8. The molecule has 0 aliphatic rings. The van der Waals surface area contributed by atoms with Crippen LogP contribution in [0.25, 0.3) is 0 Å². The number of rotatable bonds is 4. The van der Waals surface area contributed by atoms with Crippen LogP contribution in [0.15, 0.2) is 27.1 Å². The summed E-state index contributed by atoms with van der Waals surface area (Å²) in [4.78, 5) is 11.8. The Kier molecular flexibility index (Phi) is 4.31. The highest BCUT2D eigenvalue weighted by atomic mass is 79.9. The summed E-state index contributed by atoms with van der Waals surface area (Å²) in [5.74, 6) is 0.927. The summed E-state index contributed by atoms with van der Waals surface area (Å²) in [5.41, 5.74) is 1.86. The van der Waals surface area contributed by atoms with E-state index in [4.69, 9.17) is 4.42 Å². The van der Waals surface area contributed by atoms with Crippen LogP contribution in [0.2, 0.25) is 0 Å². The van der Waals surface area contributed by atoms with Crippen molar-refractivity contribution in [1.29, 1.82) is 0 Å². The SMILES string of the molecule is Cc1nnc(CCC(=O)Nc2ccc(Br)c(C)c2)o1. The van der Waals surface area contributed by atoms with E-state index in [-0.39, 0.29) is 5.91 Å². The average Bonchev–Trinajstić information content (AvgIpc) is 2.77. The number of nitrogens with zero attached hydrogens (tertiary/aromatic N) is 2. The van der Waals surface area contributed by atoms with Gasteiger partial charge in [0, 0.05) is 29.9 Å². The predicted molar refractivity (Wildman–Crippen MR) is 74.9 cm³/mol. The van der Waals surface area contributed by atoms with Gasteiger partial charge >= 0.3 is 0 Å². The lowest BCUT2D eigenvalue weighted by Gasteiger charge is -2.06. The molecule has 0 saturated carbocycles. The first-order valence-electron chi connectivity index (χ1n) is 5.89. The lowest BCUT2D eigenvalue weighted by Crippen LogP contribution is -2.12. The van der Waals surface area contributed by atoms with Crippen molar-refractivity contribution >= 4 is 27.5 Å². The highest BCUT2D eigenvalue weighted by Crippen LogP contribution is 2.20. The average molecular weight is 324 g/mol. The third kappa shape index (κ3) is 3.89. The Morgan fingerprint density at radius 3 is 2.79 bits per heavy atom. The second kappa shape index (κ2) is 5.97. The predicted octanol–water partition coefficient (Wildman–Crippen LogP) is 3.02. The summed E-state index contributed by atoms with van der Waals surface area (Å²) in [6.45, 7) is 3.70. The van der Waals surface area contributed by atoms with Crippen LogP contribution in [0.3, 0.4) is 0 Å². The molecule has 6 heteroatoms. The van der Waals surface area contributed by atoms with Gasteiger partial charge < -0.3 is 9.73 Å². The molecule has 1 aromatic heterocycles. The van der Waals surface area contributed by atoms with Crippen LogP contribution in [0.5, 0.6) is 0 Å². The number of aryl methyl sites for hydroxylation is 3. The van der Waals surface area contributed by atoms with Crippen molar-refractivity contribution in [2.45, 2.75) is 26.7 Å². The van der Waals surface area contributed by atoms with Gasteiger partial charge in [-0.2, -0.15) is 0 Å². The summed E-state index contributed by atoms with van der Waals surface area (Å²) in [7, 11) is 0. The van der Waals surface area contributed by atoms with Gasteiger partial charge in [-0.05, 0) is 30.7 Å². The third-order valence-electron chi connectivity index (χ3n) is 2.58. The molecule has 0 aliphatic heterocycles. The van der Waals surface area contributed by atoms with Crippen molar-refractivity contribution in [3.8, 4) is 0 Å². The first kappa shape index (κ1) is 13.7. The third-order valence-corrected chi connectivity index (χ3v) is 3.47. The number of carbonyl (C=O) groups is 1. The molecule has 1 amide bonds. The zero-order chi connectivity index (χ0) is 13.8. The minimum absolute atomic E-state index is 0.0717. The van der Waals surface area contributed by atoms with E-state index in [2.05, 4.69) is 31.4 Å². The second-order valence-corrected chi connectivity index (χ2v) is 5.08. The lowest BCUT2D eigenvalue weighted by atomic mass is 10.2. The molecule has 1 heterocycles. The summed E-state index contributed by atoms with van der Waals surface area (Å²) >= 11 is 3.42. The highest BCUT2D eigenvalue weighted by Gasteiger charge is 2.08. The van der Waals surface area contributed by atoms with E-state index in [9.17, 15) is 4.79 Å². The first-order valence-corrected chi connectivity index (χ1v) is 6.69. The molecule has 0 atom stereocenters. The number of hydrogen-bond acceptors (Lipinski definition) is 4. The summed E-state index contributed by atoms with van der Waals surface area (Å²) < 4.78 is 6.23. The Bertz CT molecular complexity index is 595. The first-order chi connectivity index (χ1) is 9.04. The Hall–Kier alpha value is -1.69. The van der Waals surface area contributed by atoms with E-state index in [1.807, 2.05) is 25.1 Å². The molecule has 0 aliphatic carbocycles. The Balaban J connectivity index is 1.88. The van der Waals surface area contributed by atoms with Crippen LogP contribution < -0.4 is 5.32 Å². The van der Waals surface area contributed by atoms with Crippen molar-refractivity contribution in [2.24, 2.45) is 0 Å². The van der Waals surface area contributed by atoms with Gasteiger partial charge in [0.05, 0.1) is 0 Å². The van der Waals surface area contributed by atoms with Gasteiger partial charge in [0.1, 0.15) is 0 Å². The van der Waals surface area contributed by atoms with E-state index in [0.717, 1.165) is 15.7 Å². The number of amides is 1. The minimum atomic E-state index is -0.0717. The number of benzene rings is 1. The molecule has 0 radical (unpaired) electrons. The molecular formula is C13H14BrN3O2. The van der Waals surface area contributed by atoms with E-state index in [1.165, 1.54) is 0 Å². The molecule has 0 spiro atoms. The standard InChI is InChI=1S/C13H14BrN3O2/c1-8-7-10(3-4-11(8)14)15-12(18)5-6-13-17-16-9(2)19-13/h3-4,7H,5-6H2,1-2H3,(H,15,18). The van der Waals surface area contributed by atoms with E-state index < -0.39 is 0 Å². The van der Waals surface area contributed by atoms with Gasteiger partial charge in [-0.3, -0.25) is 4.79 Å². The fourth-order valence-electron chi connectivity index (χ4n) is 1.60. The summed E-state index contributed by atoms with van der Waals surface area (Å²) in [5, 5.41) is 10.4.